The molecule has 10 heteroatoms. The van der Waals surface area contributed by atoms with Crippen LogP contribution in [0.2, 0.25) is 0 Å². The molecule has 1 N–H and O–H groups in total. The second-order valence-corrected chi connectivity index (χ2v) is 6.45. The number of rotatable bonds is 5. The zero-order chi connectivity index (χ0) is 18.8. The van der Waals surface area contributed by atoms with E-state index in [1.54, 1.807) is 0 Å². The molecule has 0 saturated carbocycles. The molecule has 1 amide bonds. The second-order valence-electron chi connectivity index (χ2n) is 5.41. The van der Waals surface area contributed by atoms with E-state index in [0.717, 1.165) is 20.8 Å². The molecule has 136 valence electrons. The van der Waals surface area contributed by atoms with Gasteiger partial charge in [-0.2, -0.15) is 0 Å². The van der Waals surface area contributed by atoms with Crippen molar-refractivity contribution in [3.63, 3.8) is 0 Å². The van der Waals surface area contributed by atoms with Crippen molar-refractivity contribution in [1.82, 2.24) is 25.2 Å². The number of tetrazole rings is 1. The lowest BCUT2D eigenvalue weighted by molar-refractivity contribution is 0.101. The molecule has 0 fully saturated rings. The number of nitrogens with one attached hydrogen (secondary N) is 1. The number of hydrogen-bond acceptors (Lipinski definition) is 7. The maximum absolute atomic E-state index is 13.0. The normalized spacial score (nSPS) is 10.9. The number of benzene rings is 2. The van der Waals surface area contributed by atoms with Crippen molar-refractivity contribution in [3.05, 3.63) is 54.1 Å². The van der Waals surface area contributed by atoms with Crippen LogP contribution in [-0.4, -0.2) is 37.7 Å². The van der Waals surface area contributed by atoms with Gasteiger partial charge in [-0.3, -0.25) is 10.1 Å². The quantitative estimate of drug-likeness (QED) is 0.568. The van der Waals surface area contributed by atoms with Crippen LogP contribution in [0.1, 0.15) is 17.5 Å². The molecule has 0 radical (unpaired) electrons. The number of halogens is 1. The van der Waals surface area contributed by atoms with Crippen LogP contribution in [0, 0.1) is 5.82 Å². The molecule has 2 aromatic heterocycles. The lowest BCUT2D eigenvalue weighted by Gasteiger charge is -2.00. The van der Waals surface area contributed by atoms with Crippen molar-refractivity contribution in [1.29, 1.82) is 0 Å². The maximum Gasteiger partial charge on any atom is 0.299 e. The first-order valence-electron chi connectivity index (χ1n) is 8.03. The molecule has 27 heavy (non-hydrogen) atoms. The summed E-state index contributed by atoms with van der Waals surface area (Å²) in [5.41, 5.74) is 1.24. The minimum Gasteiger partial charge on any atom is -0.494 e. The predicted molar refractivity (Wildman–Crippen MR) is 97.9 cm³/mol. The summed E-state index contributed by atoms with van der Waals surface area (Å²) in [6, 6.07) is 11.0. The first-order chi connectivity index (χ1) is 13.1. The van der Waals surface area contributed by atoms with Crippen LogP contribution in [-0.2, 0) is 0 Å². The van der Waals surface area contributed by atoms with Gasteiger partial charge in [-0.05, 0) is 54.6 Å². The first-order valence-corrected chi connectivity index (χ1v) is 8.85. The van der Waals surface area contributed by atoms with Crippen molar-refractivity contribution in [3.8, 4) is 11.4 Å². The van der Waals surface area contributed by atoms with E-state index in [4.69, 9.17) is 4.74 Å². The minimum absolute atomic E-state index is 0.117. The molecule has 2 heterocycles. The summed E-state index contributed by atoms with van der Waals surface area (Å²) >= 11 is 1.32. The monoisotopic (exact) mass is 384 g/mol. The van der Waals surface area contributed by atoms with Gasteiger partial charge in [0.05, 0.1) is 22.5 Å². The third kappa shape index (κ3) is 3.60. The van der Waals surface area contributed by atoms with Crippen molar-refractivity contribution >= 4 is 32.6 Å². The average molecular weight is 384 g/mol. The Bertz CT molecular complexity index is 1110. The number of carbonyl (C=O) groups is 1. The Morgan fingerprint density at radius 3 is 2.85 bits per heavy atom. The molecule has 0 atom stereocenters. The van der Waals surface area contributed by atoms with Gasteiger partial charge in [0.1, 0.15) is 11.6 Å². The molecule has 0 saturated heterocycles. The summed E-state index contributed by atoms with van der Waals surface area (Å²) in [6.07, 6.45) is 0. The molecule has 8 nitrogen and oxygen atoms in total. The lowest BCUT2D eigenvalue weighted by Crippen LogP contribution is -2.14. The minimum atomic E-state index is -0.535. The van der Waals surface area contributed by atoms with E-state index in [2.05, 4.69) is 25.7 Å². The van der Waals surface area contributed by atoms with Crippen LogP contribution in [0.15, 0.2) is 42.5 Å². The van der Waals surface area contributed by atoms with Crippen LogP contribution < -0.4 is 10.1 Å². The zero-order valence-corrected chi connectivity index (χ0v) is 14.9. The highest BCUT2D eigenvalue weighted by Gasteiger charge is 2.16. The number of fused-ring (bicyclic) bond motifs is 1. The van der Waals surface area contributed by atoms with E-state index < -0.39 is 5.91 Å². The SMILES string of the molecule is CCOc1ccc2nc(NC(=O)c3nnn(-c4ccc(F)cc4)n3)sc2c1. The number of aromatic nitrogens is 5. The highest BCUT2D eigenvalue weighted by Crippen LogP contribution is 2.29. The van der Waals surface area contributed by atoms with E-state index in [1.807, 2.05) is 25.1 Å². The van der Waals surface area contributed by atoms with Crippen LogP contribution in [0.3, 0.4) is 0 Å². The Kier molecular flexibility index (Phi) is 4.47. The van der Waals surface area contributed by atoms with Gasteiger partial charge >= 0.3 is 0 Å². The third-order valence-electron chi connectivity index (χ3n) is 3.57. The highest BCUT2D eigenvalue weighted by molar-refractivity contribution is 7.22. The van der Waals surface area contributed by atoms with Gasteiger partial charge in [-0.15, -0.1) is 15.0 Å². The third-order valence-corrected chi connectivity index (χ3v) is 4.50. The molecular weight excluding hydrogens is 371 g/mol. The first kappa shape index (κ1) is 17.0. The number of anilines is 1. The standard InChI is InChI=1S/C17H13FN6O2S/c1-2-26-12-7-8-13-14(9-12)27-17(19-13)20-16(25)15-21-23-24(22-15)11-5-3-10(18)4-6-11/h3-9H,2H2,1H3,(H,19,20,25). The second kappa shape index (κ2) is 7.08. The van der Waals surface area contributed by atoms with Gasteiger partial charge in [-0.25, -0.2) is 9.37 Å². The number of hydrogen-bond donors (Lipinski definition) is 1. The van der Waals surface area contributed by atoms with Crippen LogP contribution in [0.5, 0.6) is 5.75 Å². The molecule has 0 aliphatic carbocycles. The Morgan fingerprint density at radius 1 is 1.26 bits per heavy atom. The summed E-state index contributed by atoms with van der Waals surface area (Å²) in [6.45, 7) is 2.48. The van der Waals surface area contributed by atoms with E-state index in [1.165, 1.54) is 35.6 Å². The number of amides is 1. The number of nitrogens with zero attached hydrogens (tertiary/aromatic N) is 5. The lowest BCUT2D eigenvalue weighted by atomic mass is 10.3. The van der Waals surface area contributed by atoms with Crippen molar-refractivity contribution in [2.45, 2.75) is 6.92 Å². The van der Waals surface area contributed by atoms with Gasteiger partial charge in [0, 0.05) is 0 Å². The Hall–Kier alpha value is -3.40. The maximum atomic E-state index is 13.0. The average Bonchev–Trinajstić information content (AvgIpc) is 3.29. The molecule has 0 unspecified atom stereocenters. The summed E-state index contributed by atoms with van der Waals surface area (Å²) in [5, 5.41) is 14.6. The fourth-order valence-electron chi connectivity index (χ4n) is 2.36. The van der Waals surface area contributed by atoms with Crippen molar-refractivity contribution in [2.24, 2.45) is 0 Å². The van der Waals surface area contributed by atoms with E-state index in [9.17, 15) is 9.18 Å². The van der Waals surface area contributed by atoms with Crippen LogP contribution in [0.4, 0.5) is 9.52 Å². The molecule has 0 aliphatic rings. The predicted octanol–water partition coefficient (Wildman–Crippen LogP) is 3.06. The smallest absolute Gasteiger partial charge is 0.299 e. The molecule has 0 bridgehead atoms. The zero-order valence-electron chi connectivity index (χ0n) is 14.1. The van der Waals surface area contributed by atoms with Crippen molar-refractivity contribution < 1.29 is 13.9 Å². The molecule has 2 aromatic carbocycles. The number of thiazole rings is 1. The molecule has 0 aliphatic heterocycles. The molecule has 4 rings (SSSR count). The van der Waals surface area contributed by atoms with Gasteiger partial charge < -0.3 is 4.74 Å². The number of ether oxygens (including phenoxy) is 1. The number of carbonyl (C=O) groups excluding carboxylic acids is 1. The summed E-state index contributed by atoms with van der Waals surface area (Å²) in [7, 11) is 0. The molecular formula is C17H13FN6O2S. The Balaban J connectivity index is 1.52. The van der Waals surface area contributed by atoms with Gasteiger partial charge in [0.15, 0.2) is 5.13 Å². The Morgan fingerprint density at radius 2 is 2.07 bits per heavy atom. The molecule has 4 aromatic rings. The summed E-state index contributed by atoms with van der Waals surface area (Å²) in [4.78, 5) is 17.9. The Labute approximate surface area is 156 Å². The highest BCUT2D eigenvalue weighted by atomic mass is 32.1. The van der Waals surface area contributed by atoms with Crippen molar-refractivity contribution in [2.75, 3.05) is 11.9 Å². The fraction of sp³-hybridized carbons (Fsp3) is 0.118. The van der Waals surface area contributed by atoms with Crippen LogP contribution >= 0.6 is 11.3 Å². The van der Waals surface area contributed by atoms with Gasteiger partial charge in [0.2, 0.25) is 0 Å². The topological polar surface area (TPSA) is 94.8 Å². The largest absolute Gasteiger partial charge is 0.494 e. The fourth-order valence-corrected chi connectivity index (χ4v) is 3.25. The summed E-state index contributed by atoms with van der Waals surface area (Å²) in [5.74, 6) is -0.281. The summed E-state index contributed by atoms with van der Waals surface area (Å²) < 4.78 is 19.3. The van der Waals surface area contributed by atoms with E-state index >= 15 is 0 Å². The van der Waals surface area contributed by atoms with Crippen LogP contribution in [0.25, 0.3) is 15.9 Å². The molecule has 0 spiro atoms. The van der Waals surface area contributed by atoms with Gasteiger partial charge in [0.25, 0.3) is 11.7 Å². The van der Waals surface area contributed by atoms with E-state index in [-0.39, 0.29) is 11.6 Å². The van der Waals surface area contributed by atoms with Gasteiger partial charge in [-0.1, -0.05) is 11.3 Å². The van der Waals surface area contributed by atoms with E-state index in [0.29, 0.717) is 17.4 Å².